The van der Waals surface area contributed by atoms with Gasteiger partial charge >= 0.3 is 0 Å². The molecular weight excluding hydrogens is 256 g/mol. The topological polar surface area (TPSA) is 28.4 Å². The zero-order valence-corrected chi connectivity index (χ0v) is 12.5. The normalized spacial score (nSPS) is 11.3. The highest BCUT2D eigenvalue weighted by molar-refractivity contribution is 7.09. The number of hydrogen-bond donors (Lipinski definition) is 1. The molecule has 0 unspecified atom stereocenters. The van der Waals surface area contributed by atoms with E-state index in [2.05, 4.69) is 53.8 Å². The maximum absolute atomic E-state index is 5.82. The third-order valence-electron chi connectivity index (χ3n) is 2.87. The van der Waals surface area contributed by atoms with E-state index in [0.29, 0.717) is 0 Å². The Kier molecular flexibility index (Phi) is 5.63. The molecule has 0 aliphatic rings. The van der Waals surface area contributed by atoms with Gasteiger partial charge in [0.05, 0.1) is 13.1 Å². The summed E-state index contributed by atoms with van der Waals surface area (Å²) in [5.74, 6) is 2.06. The van der Waals surface area contributed by atoms with E-state index >= 15 is 0 Å². The van der Waals surface area contributed by atoms with E-state index in [4.69, 9.17) is 4.42 Å². The smallest absolute Gasteiger partial charge is 0.118 e. The first-order chi connectivity index (χ1) is 9.28. The maximum atomic E-state index is 5.82. The highest BCUT2D eigenvalue weighted by Gasteiger charge is 2.06. The molecule has 104 valence electrons. The van der Waals surface area contributed by atoms with Crippen LogP contribution < -0.4 is 5.32 Å². The molecule has 0 saturated carbocycles. The summed E-state index contributed by atoms with van der Waals surface area (Å²) >= 11 is 1.80. The van der Waals surface area contributed by atoms with Crippen molar-refractivity contribution in [2.45, 2.75) is 33.0 Å². The quantitative estimate of drug-likeness (QED) is 0.749. The Bertz CT molecular complexity index is 464. The minimum Gasteiger partial charge on any atom is -0.463 e. The van der Waals surface area contributed by atoms with Gasteiger partial charge in [0.2, 0.25) is 0 Å². The van der Waals surface area contributed by atoms with Crippen LogP contribution in [0.15, 0.2) is 34.1 Å². The lowest BCUT2D eigenvalue weighted by molar-refractivity contribution is 0.284. The second-order valence-electron chi connectivity index (χ2n) is 4.80. The largest absolute Gasteiger partial charge is 0.463 e. The first-order valence-corrected chi connectivity index (χ1v) is 7.65. The number of nitrogens with one attached hydrogen (secondary N) is 1. The molecule has 2 aromatic rings. The van der Waals surface area contributed by atoms with Crippen molar-refractivity contribution < 1.29 is 4.42 Å². The molecule has 0 spiro atoms. The fourth-order valence-electron chi connectivity index (χ4n) is 1.98. The molecule has 1 N–H and O–H groups in total. The summed E-state index contributed by atoms with van der Waals surface area (Å²) in [6.45, 7) is 5.85. The molecule has 0 fully saturated rings. The third-order valence-corrected chi connectivity index (χ3v) is 3.74. The highest BCUT2D eigenvalue weighted by Crippen LogP contribution is 2.14. The fourth-order valence-corrected chi connectivity index (χ4v) is 2.77. The van der Waals surface area contributed by atoms with Crippen molar-refractivity contribution in [2.24, 2.45) is 0 Å². The van der Waals surface area contributed by atoms with Crippen molar-refractivity contribution in [2.75, 3.05) is 13.6 Å². The van der Waals surface area contributed by atoms with E-state index in [1.807, 2.05) is 0 Å². The van der Waals surface area contributed by atoms with E-state index in [9.17, 15) is 0 Å². The van der Waals surface area contributed by atoms with Crippen LogP contribution in [0.1, 0.15) is 29.7 Å². The van der Waals surface area contributed by atoms with Gasteiger partial charge in [0.1, 0.15) is 11.5 Å². The number of thiophene rings is 1. The molecule has 0 aliphatic heterocycles. The summed E-state index contributed by atoms with van der Waals surface area (Å²) in [7, 11) is 2.12. The molecule has 0 radical (unpaired) electrons. The van der Waals surface area contributed by atoms with Gasteiger partial charge in [-0.05, 0) is 43.6 Å². The Labute approximate surface area is 119 Å². The summed E-state index contributed by atoms with van der Waals surface area (Å²) < 4.78 is 5.82. The van der Waals surface area contributed by atoms with E-state index in [-0.39, 0.29) is 0 Å². The third kappa shape index (κ3) is 4.82. The molecule has 19 heavy (non-hydrogen) atoms. The number of rotatable bonds is 8. The predicted molar refractivity (Wildman–Crippen MR) is 80.2 cm³/mol. The van der Waals surface area contributed by atoms with Gasteiger partial charge in [0.15, 0.2) is 0 Å². The van der Waals surface area contributed by atoms with Gasteiger partial charge < -0.3 is 9.73 Å². The van der Waals surface area contributed by atoms with Crippen LogP contribution in [0.5, 0.6) is 0 Å². The monoisotopic (exact) mass is 278 g/mol. The lowest BCUT2D eigenvalue weighted by atomic mass is 10.3. The molecule has 2 aromatic heterocycles. The van der Waals surface area contributed by atoms with E-state index < -0.39 is 0 Å². The van der Waals surface area contributed by atoms with Crippen molar-refractivity contribution in [1.82, 2.24) is 10.2 Å². The van der Waals surface area contributed by atoms with Crippen LogP contribution in [0.3, 0.4) is 0 Å². The lowest BCUT2D eigenvalue weighted by Gasteiger charge is -2.13. The van der Waals surface area contributed by atoms with Crippen LogP contribution in [-0.2, 0) is 19.6 Å². The second kappa shape index (κ2) is 7.48. The maximum Gasteiger partial charge on any atom is 0.118 e. The molecule has 0 aromatic carbocycles. The van der Waals surface area contributed by atoms with Crippen molar-refractivity contribution in [3.05, 3.63) is 46.0 Å². The molecule has 4 heteroatoms. The van der Waals surface area contributed by atoms with Gasteiger partial charge in [0, 0.05) is 11.4 Å². The van der Waals surface area contributed by atoms with Crippen LogP contribution in [0, 0.1) is 0 Å². The molecule has 0 bridgehead atoms. The summed E-state index contributed by atoms with van der Waals surface area (Å²) in [5, 5.41) is 5.47. The van der Waals surface area contributed by atoms with Crippen molar-refractivity contribution in [3.63, 3.8) is 0 Å². The number of hydrogen-bond acceptors (Lipinski definition) is 4. The average Bonchev–Trinajstić information content (AvgIpc) is 3.02. The summed E-state index contributed by atoms with van der Waals surface area (Å²) in [6, 6.07) is 8.41. The Morgan fingerprint density at radius 3 is 2.79 bits per heavy atom. The Balaban J connectivity index is 1.78. The van der Waals surface area contributed by atoms with Crippen LogP contribution in [-0.4, -0.2) is 18.5 Å². The Morgan fingerprint density at radius 2 is 2.05 bits per heavy atom. The molecule has 2 rings (SSSR count). The standard InChI is InChI=1S/C15H22N2OS/c1-3-8-16-10-13-6-7-14(18-13)11-17(2)12-15-5-4-9-19-15/h4-7,9,16H,3,8,10-12H2,1-2H3. The first-order valence-electron chi connectivity index (χ1n) is 6.77. The van der Waals surface area contributed by atoms with Crippen molar-refractivity contribution >= 4 is 11.3 Å². The van der Waals surface area contributed by atoms with Crippen LogP contribution >= 0.6 is 11.3 Å². The summed E-state index contributed by atoms with van der Waals surface area (Å²) in [4.78, 5) is 3.66. The zero-order chi connectivity index (χ0) is 13.5. The fraction of sp³-hybridized carbons (Fsp3) is 0.467. The van der Waals surface area contributed by atoms with Crippen LogP contribution in [0.25, 0.3) is 0 Å². The van der Waals surface area contributed by atoms with E-state index in [1.54, 1.807) is 11.3 Å². The van der Waals surface area contributed by atoms with Crippen LogP contribution in [0.2, 0.25) is 0 Å². The molecule has 0 atom stereocenters. The highest BCUT2D eigenvalue weighted by atomic mass is 32.1. The number of furan rings is 1. The SMILES string of the molecule is CCCNCc1ccc(CN(C)Cc2cccs2)o1. The molecular formula is C15H22N2OS. The predicted octanol–water partition coefficient (Wildman–Crippen LogP) is 3.47. The summed E-state index contributed by atoms with van der Waals surface area (Å²) in [6.07, 6.45) is 1.15. The van der Waals surface area contributed by atoms with Crippen molar-refractivity contribution in [3.8, 4) is 0 Å². The minimum atomic E-state index is 0.822. The zero-order valence-electron chi connectivity index (χ0n) is 11.7. The second-order valence-corrected chi connectivity index (χ2v) is 5.83. The lowest BCUT2D eigenvalue weighted by Crippen LogP contribution is -2.16. The van der Waals surface area contributed by atoms with E-state index in [1.165, 1.54) is 4.88 Å². The van der Waals surface area contributed by atoms with E-state index in [0.717, 1.165) is 44.1 Å². The minimum absolute atomic E-state index is 0.822. The first kappa shape index (κ1) is 14.3. The molecule has 2 heterocycles. The van der Waals surface area contributed by atoms with Gasteiger partial charge in [-0.2, -0.15) is 0 Å². The van der Waals surface area contributed by atoms with Gasteiger partial charge in [-0.15, -0.1) is 11.3 Å². The van der Waals surface area contributed by atoms with Crippen LogP contribution in [0.4, 0.5) is 0 Å². The van der Waals surface area contributed by atoms with Gasteiger partial charge in [-0.25, -0.2) is 0 Å². The Morgan fingerprint density at radius 1 is 1.21 bits per heavy atom. The molecule has 0 aliphatic carbocycles. The van der Waals surface area contributed by atoms with Gasteiger partial charge in [0.25, 0.3) is 0 Å². The average molecular weight is 278 g/mol. The molecule has 0 saturated heterocycles. The number of nitrogens with zero attached hydrogens (tertiary/aromatic N) is 1. The Hall–Kier alpha value is -1.10. The summed E-state index contributed by atoms with van der Waals surface area (Å²) in [5.41, 5.74) is 0. The molecule has 0 amide bonds. The van der Waals surface area contributed by atoms with Crippen molar-refractivity contribution in [1.29, 1.82) is 0 Å². The van der Waals surface area contributed by atoms with Gasteiger partial charge in [-0.1, -0.05) is 13.0 Å². The van der Waals surface area contributed by atoms with Gasteiger partial charge in [-0.3, -0.25) is 4.90 Å². The molecule has 3 nitrogen and oxygen atoms in total.